The molecule has 1 aliphatic heterocycles. The normalized spacial score (nSPS) is 17.1. The number of carboxylic acid groups (broad SMARTS) is 1. The van der Waals surface area contributed by atoms with Gasteiger partial charge in [0.05, 0.1) is 29.2 Å². The van der Waals surface area contributed by atoms with Gasteiger partial charge in [0.15, 0.2) is 17.3 Å². The van der Waals surface area contributed by atoms with Crippen LogP contribution in [0.4, 0.5) is 19.0 Å². The molecule has 1 atom stereocenters. The molecule has 4 rings (SSSR count). The maximum absolute atomic E-state index is 15.3. The second kappa shape index (κ2) is 9.56. The Morgan fingerprint density at radius 1 is 1.19 bits per heavy atom. The van der Waals surface area contributed by atoms with Crippen LogP contribution in [0.3, 0.4) is 0 Å². The Balaban J connectivity index is 1.94. The van der Waals surface area contributed by atoms with Crippen LogP contribution in [0.5, 0.6) is 0 Å². The highest BCUT2D eigenvalue weighted by molar-refractivity contribution is 6.10. The molecular formula is C22H19F3N6O5. The summed E-state index contributed by atoms with van der Waals surface area (Å²) in [6.07, 6.45) is 0.853. The lowest BCUT2D eigenvalue weighted by Crippen LogP contribution is -2.31. The Bertz CT molecular complexity index is 1490. The van der Waals surface area contributed by atoms with Gasteiger partial charge in [0, 0.05) is 18.8 Å². The van der Waals surface area contributed by atoms with Gasteiger partial charge in [0.2, 0.25) is 5.43 Å². The van der Waals surface area contributed by atoms with Crippen LogP contribution in [0.1, 0.15) is 10.4 Å². The Hall–Kier alpha value is -4.62. The molecule has 0 saturated carbocycles. The van der Waals surface area contributed by atoms with Gasteiger partial charge in [-0.15, -0.1) is 0 Å². The number of benzene rings is 1. The SMILES string of the molecule is CO/N=C(/N)C1CN(c2nc3c(cc2F)c(=O)c(C(=O)O)cn3-c2ccc(F)cc2F)C/C1=N/OC. The smallest absolute Gasteiger partial charge is 0.341 e. The number of pyridine rings is 2. The van der Waals surface area contributed by atoms with Crippen LogP contribution in [-0.2, 0) is 9.68 Å². The first-order chi connectivity index (χ1) is 17.2. The fourth-order valence-electron chi connectivity index (χ4n) is 3.95. The van der Waals surface area contributed by atoms with Gasteiger partial charge in [0.1, 0.15) is 37.3 Å². The molecule has 1 saturated heterocycles. The summed E-state index contributed by atoms with van der Waals surface area (Å²) in [6, 6.07) is 3.39. The van der Waals surface area contributed by atoms with Gasteiger partial charge in [-0.3, -0.25) is 9.36 Å². The van der Waals surface area contributed by atoms with Crippen LogP contribution >= 0.6 is 0 Å². The number of nitrogens with zero attached hydrogens (tertiary/aromatic N) is 5. The van der Waals surface area contributed by atoms with Gasteiger partial charge in [-0.1, -0.05) is 10.3 Å². The van der Waals surface area contributed by atoms with Crippen LogP contribution in [0.2, 0.25) is 0 Å². The summed E-state index contributed by atoms with van der Waals surface area (Å²) in [4.78, 5) is 39.7. The molecule has 0 bridgehead atoms. The van der Waals surface area contributed by atoms with E-state index >= 15 is 4.39 Å². The van der Waals surface area contributed by atoms with Crippen LogP contribution in [0.15, 0.2) is 45.6 Å². The molecule has 0 aliphatic carbocycles. The summed E-state index contributed by atoms with van der Waals surface area (Å²) in [7, 11) is 2.62. The minimum Gasteiger partial charge on any atom is -0.477 e. The number of amidine groups is 1. The molecular weight excluding hydrogens is 485 g/mol. The first-order valence-electron chi connectivity index (χ1n) is 10.3. The average Bonchev–Trinajstić information content (AvgIpc) is 3.24. The standard InChI is InChI=1S/C22H19F3N6O5/c1-35-28-16-9-30(7-12(16)19(26)29-36-2)21-15(25)6-11-18(32)13(22(33)34)8-31(20(11)27-21)17-4-3-10(23)5-14(17)24/h3-6,8,12H,7,9H2,1-2H3,(H2,26,29)(H,33,34)/b28-16-. The van der Waals surface area contributed by atoms with E-state index in [-0.39, 0.29) is 36.1 Å². The third kappa shape index (κ3) is 4.28. The Morgan fingerprint density at radius 2 is 1.94 bits per heavy atom. The first kappa shape index (κ1) is 24.5. The number of fused-ring (bicyclic) bond motifs is 1. The quantitative estimate of drug-likeness (QED) is 0.294. The van der Waals surface area contributed by atoms with Crippen molar-refractivity contribution < 1.29 is 32.7 Å². The number of nitrogens with two attached hydrogens (primary N) is 1. The Morgan fingerprint density at radius 3 is 2.58 bits per heavy atom. The van der Waals surface area contributed by atoms with E-state index in [9.17, 15) is 23.5 Å². The van der Waals surface area contributed by atoms with Gasteiger partial charge in [-0.05, 0) is 18.2 Å². The maximum Gasteiger partial charge on any atom is 0.341 e. The van der Waals surface area contributed by atoms with E-state index in [4.69, 9.17) is 15.4 Å². The zero-order valence-electron chi connectivity index (χ0n) is 18.9. The molecule has 14 heteroatoms. The highest BCUT2D eigenvalue weighted by Gasteiger charge is 2.35. The van der Waals surface area contributed by atoms with Gasteiger partial charge in [-0.25, -0.2) is 22.9 Å². The third-order valence-electron chi connectivity index (χ3n) is 5.53. The van der Waals surface area contributed by atoms with Crippen molar-refractivity contribution in [3.8, 4) is 5.69 Å². The Kier molecular flexibility index (Phi) is 6.51. The number of rotatable bonds is 6. The number of aromatic carboxylic acids is 1. The van der Waals surface area contributed by atoms with Crippen LogP contribution in [0.25, 0.3) is 16.7 Å². The maximum atomic E-state index is 15.3. The van der Waals surface area contributed by atoms with E-state index < -0.39 is 45.7 Å². The summed E-state index contributed by atoms with van der Waals surface area (Å²) in [5.74, 6) is -5.31. The lowest BCUT2D eigenvalue weighted by atomic mass is 10.1. The molecule has 0 amide bonds. The highest BCUT2D eigenvalue weighted by Crippen LogP contribution is 2.28. The molecule has 1 aliphatic rings. The van der Waals surface area contributed by atoms with Gasteiger partial charge >= 0.3 is 5.97 Å². The van der Waals surface area contributed by atoms with E-state index in [2.05, 4.69) is 15.3 Å². The zero-order valence-corrected chi connectivity index (χ0v) is 18.9. The van der Waals surface area contributed by atoms with E-state index in [1.54, 1.807) is 0 Å². The molecule has 0 radical (unpaired) electrons. The van der Waals surface area contributed by atoms with E-state index in [0.717, 1.165) is 29.0 Å². The molecule has 3 heterocycles. The fourth-order valence-corrected chi connectivity index (χ4v) is 3.95. The molecule has 11 nitrogen and oxygen atoms in total. The average molecular weight is 504 g/mol. The Labute approximate surface area is 200 Å². The first-order valence-corrected chi connectivity index (χ1v) is 10.3. The topological polar surface area (TPSA) is 145 Å². The van der Waals surface area contributed by atoms with Crippen molar-refractivity contribution in [2.75, 3.05) is 32.2 Å². The van der Waals surface area contributed by atoms with E-state index in [1.807, 2.05) is 0 Å². The monoisotopic (exact) mass is 504 g/mol. The summed E-state index contributed by atoms with van der Waals surface area (Å²) in [5.41, 5.74) is 4.01. The summed E-state index contributed by atoms with van der Waals surface area (Å²) >= 11 is 0. The van der Waals surface area contributed by atoms with Crippen LogP contribution < -0.4 is 16.1 Å². The van der Waals surface area contributed by atoms with Crippen LogP contribution in [0, 0.1) is 23.4 Å². The molecule has 36 heavy (non-hydrogen) atoms. The minimum absolute atomic E-state index is 0.0101. The lowest BCUT2D eigenvalue weighted by Gasteiger charge is -2.19. The largest absolute Gasteiger partial charge is 0.477 e. The van der Waals surface area contributed by atoms with Crippen molar-refractivity contribution in [1.82, 2.24) is 9.55 Å². The van der Waals surface area contributed by atoms with E-state index in [1.165, 1.54) is 19.1 Å². The number of aromatic nitrogens is 2. The molecule has 1 fully saturated rings. The molecule has 188 valence electrons. The summed E-state index contributed by atoms with van der Waals surface area (Å²) in [6.45, 7) is 0.0644. The third-order valence-corrected chi connectivity index (χ3v) is 5.53. The van der Waals surface area contributed by atoms with Crippen molar-refractivity contribution in [2.24, 2.45) is 22.0 Å². The molecule has 3 N–H and O–H groups in total. The molecule has 2 aromatic heterocycles. The number of carboxylic acids is 1. The van der Waals surface area contributed by atoms with Crippen molar-refractivity contribution in [3.05, 3.63) is 63.7 Å². The molecule has 1 aromatic carbocycles. The van der Waals surface area contributed by atoms with Gasteiger partial charge in [0.25, 0.3) is 0 Å². The van der Waals surface area contributed by atoms with Crippen molar-refractivity contribution in [1.29, 1.82) is 0 Å². The number of carbonyl (C=O) groups is 1. The number of oxime groups is 2. The van der Waals surface area contributed by atoms with Crippen LogP contribution in [-0.4, -0.2) is 59.5 Å². The second-order valence-electron chi connectivity index (χ2n) is 7.70. The van der Waals surface area contributed by atoms with Crippen molar-refractivity contribution >= 4 is 34.4 Å². The number of hydrogen-bond donors (Lipinski definition) is 2. The lowest BCUT2D eigenvalue weighted by molar-refractivity contribution is 0.0695. The summed E-state index contributed by atoms with van der Waals surface area (Å²) < 4.78 is 44.4. The minimum atomic E-state index is -1.61. The predicted molar refractivity (Wildman–Crippen MR) is 123 cm³/mol. The number of anilines is 1. The number of hydrogen-bond acceptors (Lipinski definition) is 8. The van der Waals surface area contributed by atoms with Gasteiger partial charge < -0.3 is 25.4 Å². The van der Waals surface area contributed by atoms with Crippen molar-refractivity contribution in [2.45, 2.75) is 0 Å². The zero-order chi connectivity index (χ0) is 26.1. The molecule has 1 unspecified atom stereocenters. The second-order valence-corrected chi connectivity index (χ2v) is 7.70. The van der Waals surface area contributed by atoms with Gasteiger partial charge in [-0.2, -0.15) is 0 Å². The molecule has 3 aromatic rings. The highest BCUT2D eigenvalue weighted by atomic mass is 19.1. The number of halogens is 3. The molecule has 0 spiro atoms. The predicted octanol–water partition coefficient (Wildman–Crippen LogP) is 1.86. The van der Waals surface area contributed by atoms with Crippen molar-refractivity contribution in [3.63, 3.8) is 0 Å². The van der Waals surface area contributed by atoms with E-state index in [0.29, 0.717) is 11.8 Å². The fraction of sp³-hybridized carbons (Fsp3) is 0.227. The summed E-state index contributed by atoms with van der Waals surface area (Å²) in [5, 5.41) is 16.6.